The first-order valence-corrected chi connectivity index (χ1v) is 3.80. The van der Waals surface area contributed by atoms with Gasteiger partial charge >= 0.3 is 6.03 Å². The lowest BCUT2D eigenvalue weighted by molar-refractivity contribution is -0.127. The fourth-order valence-electron chi connectivity index (χ4n) is 1.76. The van der Waals surface area contributed by atoms with E-state index in [1.54, 1.807) is 11.9 Å². The number of hydrogen-bond donors (Lipinski definition) is 0. The van der Waals surface area contributed by atoms with Crippen molar-refractivity contribution >= 4 is 11.9 Å². The predicted molar refractivity (Wildman–Crippen MR) is 37.9 cm³/mol. The summed E-state index contributed by atoms with van der Waals surface area (Å²) >= 11 is 0. The summed E-state index contributed by atoms with van der Waals surface area (Å²) in [5.41, 5.74) is 0. The normalized spacial score (nSPS) is 30.1. The lowest BCUT2D eigenvalue weighted by Crippen LogP contribution is -2.29. The van der Waals surface area contributed by atoms with Gasteiger partial charge in [-0.25, -0.2) is 4.79 Å². The summed E-state index contributed by atoms with van der Waals surface area (Å²) in [5, 5.41) is 0. The van der Waals surface area contributed by atoms with Crippen LogP contribution in [0.3, 0.4) is 0 Å². The average molecular weight is 154 g/mol. The first-order chi connectivity index (χ1) is 5.22. The largest absolute Gasteiger partial charge is 0.327 e. The van der Waals surface area contributed by atoms with Gasteiger partial charge in [0.05, 0.1) is 0 Å². The van der Waals surface area contributed by atoms with Crippen LogP contribution in [0.15, 0.2) is 0 Å². The molecule has 2 fully saturated rings. The monoisotopic (exact) mass is 154 g/mol. The second-order valence-corrected chi connectivity index (χ2v) is 3.03. The minimum absolute atomic E-state index is 0.0347. The second-order valence-electron chi connectivity index (χ2n) is 3.03. The number of imide groups is 1. The predicted octanol–water partition coefficient (Wildman–Crippen LogP) is 0.0428. The van der Waals surface area contributed by atoms with Crippen LogP contribution >= 0.6 is 0 Å². The minimum atomic E-state index is -0.132. The second kappa shape index (κ2) is 1.96. The third kappa shape index (κ3) is 0.692. The molecule has 4 nitrogen and oxygen atoms in total. The van der Waals surface area contributed by atoms with Crippen molar-refractivity contribution in [3.63, 3.8) is 0 Å². The summed E-state index contributed by atoms with van der Waals surface area (Å²) in [6, 6.07) is -0.259. The zero-order valence-corrected chi connectivity index (χ0v) is 6.41. The maximum Gasteiger partial charge on any atom is 0.327 e. The number of likely N-dealkylation sites (N-methyl/N-ethyl adjacent to an activating group) is 1. The molecule has 2 rings (SSSR count). The standard InChI is InChI=1S/C7H10N2O2/c1-8-6(10)5-3-2-4-9(5)7(8)11/h5H,2-4H2,1H3/t5-/m1/s1. The van der Waals surface area contributed by atoms with Gasteiger partial charge < -0.3 is 4.90 Å². The molecular formula is C7H10N2O2. The number of urea groups is 1. The van der Waals surface area contributed by atoms with E-state index in [4.69, 9.17) is 0 Å². The number of nitrogens with zero attached hydrogens (tertiary/aromatic N) is 2. The molecule has 60 valence electrons. The van der Waals surface area contributed by atoms with Crippen LogP contribution in [0.5, 0.6) is 0 Å². The fraction of sp³-hybridized carbons (Fsp3) is 0.714. The molecule has 1 atom stereocenters. The van der Waals surface area contributed by atoms with Gasteiger partial charge in [0, 0.05) is 13.6 Å². The lowest BCUT2D eigenvalue weighted by Gasteiger charge is -2.10. The van der Waals surface area contributed by atoms with Crippen molar-refractivity contribution < 1.29 is 9.59 Å². The number of carbonyl (C=O) groups is 2. The van der Waals surface area contributed by atoms with Gasteiger partial charge in [0.2, 0.25) is 0 Å². The zero-order valence-electron chi connectivity index (χ0n) is 6.41. The molecule has 4 heteroatoms. The number of carbonyl (C=O) groups excluding carboxylic acids is 2. The Balaban J connectivity index is 2.30. The molecule has 11 heavy (non-hydrogen) atoms. The Hall–Kier alpha value is -1.06. The molecule has 0 spiro atoms. The maximum atomic E-state index is 11.3. The van der Waals surface area contributed by atoms with E-state index in [2.05, 4.69) is 0 Å². The molecule has 0 aromatic carbocycles. The van der Waals surface area contributed by atoms with Crippen molar-refractivity contribution in [1.82, 2.24) is 9.80 Å². The Kier molecular flexibility index (Phi) is 1.19. The van der Waals surface area contributed by atoms with E-state index < -0.39 is 0 Å². The summed E-state index contributed by atoms with van der Waals surface area (Å²) in [6.07, 6.45) is 1.81. The summed E-state index contributed by atoms with van der Waals surface area (Å²) in [6.45, 7) is 0.750. The molecule has 2 saturated heterocycles. The van der Waals surface area contributed by atoms with Crippen molar-refractivity contribution in [2.24, 2.45) is 0 Å². The molecule has 2 aliphatic heterocycles. The van der Waals surface area contributed by atoms with Gasteiger partial charge in [-0.15, -0.1) is 0 Å². The first-order valence-electron chi connectivity index (χ1n) is 3.80. The van der Waals surface area contributed by atoms with Crippen molar-refractivity contribution in [2.75, 3.05) is 13.6 Å². The topological polar surface area (TPSA) is 40.6 Å². The number of amides is 3. The van der Waals surface area contributed by atoms with Gasteiger partial charge in [-0.2, -0.15) is 0 Å². The lowest BCUT2D eigenvalue weighted by atomic mass is 10.2. The fourth-order valence-corrected chi connectivity index (χ4v) is 1.76. The van der Waals surface area contributed by atoms with Gasteiger partial charge in [-0.05, 0) is 12.8 Å². The van der Waals surface area contributed by atoms with Crippen LogP contribution < -0.4 is 0 Å². The van der Waals surface area contributed by atoms with Crippen molar-refractivity contribution in [1.29, 1.82) is 0 Å². The highest BCUT2D eigenvalue weighted by Crippen LogP contribution is 2.25. The molecule has 2 heterocycles. The molecule has 0 aliphatic carbocycles. The van der Waals surface area contributed by atoms with E-state index in [1.807, 2.05) is 0 Å². The molecule has 2 aliphatic rings. The quantitative estimate of drug-likeness (QED) is 0.462. The Bertz CT molecular complexity index is 204. The Morgan fingerprint density at radius 3 is 2.82 bits per heavy atom. The number of hydrogen-bond acceptors (Lipinski definition) is 2. The molecule has 0 radical (unpaired) electrons. The van der Waals surface area contributed by atoms with E-state index in [0.717, 1.165) is 19.4 Å². The van der Waals surface area contributed by atoms with Crippen LogP contribution in [0.4, 0.5) is 4.79 Å². The van der Waals surface area contributed by atoms with Crippen molar-refractivity contribution in [2.45, 2.75) is 18.9 Å². The molecule has 0 N–H and O–H groups in total. The highest BCUT2D eigenvalue weighted by Gasteiger charge is 2.45. The van der Waals surface area contributed by atoms with Crippen LogP contribution in [0.1, 0.15) is 12.8 Å². The maximum absolute atomic E-state index is 11.3. The SMILES string of the molecule is CN1C(=O)[C@H]2CCCN2C1=O. The van der Waals surface area contributed by atoms with Gasteiger partial charge in [-0.3, -0.25) is 9.69 Å². The van der Waals surface area contributed by atoms with Gasteiger partial charge in [0.25, 0.3) is 5.91 Å². The minimum Gasteiger partial charge on any atom is -0.312 e. The Morgan fingerprint density at radius 1 is 1.45 bits per heavy atom. The highest BCUT2D eigenvalue weighted by molar-refractivity contribution is 6.04. The van der Waals surface area contributed by atoms with E-state index in [0.29, 0.717) is 0 Å². The Labute approximate surface area is 64.8 Å². The summed E-state index contributed by atoms with van der Waals surface area (Å²) in [5.74, 6) is -0.0347. The third-order valence-corrected chi connectivity index (χ3v) is 2.40. The van der Waals surface area contributed by atoms with Gasteiger partial charge in [-0.1, -0.05) is 0 Å². The van der Waals surface area contributed by atoms with Gasteiger partial charge in [0.1, 0.15) is 6.04 Å². The molecule has 0 aromatic rings. The molecular weight excluding hydrogens is 144 g/mol. The summed E-state index contributed by atoms with van der Waals surface area (Å²) < 4.78 is 0. The molecule has 0 saturated carbocycles. The van der Waals surface area contributed by atoms with Crippen LogP contribution in [0.25, 0.3) is 0 Å². The Morgan fingerprint density at radius 2 is 2.18 bits per heavy atom. The van der Waals surface area contributed by atoms with E-state index >= 15 is 0 Å². The third-order valence-electron chi connectivity index (χ3n) is 2.40. The molecule has 3 amide bonds. The van der Waals surface area contributed by atoms with Gasteiger partial charge in [0.15, 0.2) is 0 Å². The van der Waals surface area contributed by atoms with E-state index in [9.17, 15) is 9.59 Å². The zero-order chi connectivity index (χ0) is 8.01. The molecule has 0 unspecified atom stereocenters. The summed E-state index contributed by atoms with van der Waals surface area (Å²) in [4.78, 5) is 25.4. The average Bonchev–Trinajstić information content (AvgIpc) is 2.53. The molecule has 0 aromatic heterocycles. The van der Waals surface area contributed by atoms with Crippen LogP contribution in [0.2, 0.25) is 0 Å². The van der Waals surface area contributed by atoms with Crippen LogP contribution in [0, 0.1) is 0 Å². The smallest absolute Gasteiger partial charge is 0.312 e. The van der Waals surface area contributed by atoms with E-state index in [-0.39, 0.29) is 18.0 Å². The highest BCUT2D eigenvalue weighted by atomic mass is 16.2. The first kappa shape index (κ1) is 6.64. The van der Waals surface area contributed by atoms with Crippen molar-refractivity contribution in [3.05, 3.63) is 0 Å². The van der Waals surface area contributed by atoms with Crippen LogP contribution in [-0.2, 0) is 4.79 Å². The number of fused-ring (bicyclic) bond motifs is 1. The van der Waals surface area contributed by atoms with Crippen molar-refractivity contribution in [3.8, 4) is 0 Å². The van der Waals surface area contributed by atoms with Crippen LogP contribution in [-0.4, -0.2) is 41.4 Å². The number of rotatable bonds is 0. The molecule has 0 bridgehead atoms. The van der Waals surface area contributed by atoms with E-state index in [1.165, 1.54) is 4.90 Å². The summed E-state index contributed by atoms with van der Waals surface area (Å²) in [7, 11) is 1.54.